The molecule has 0 atom stereocenters. The summed E-state index contributed by atoms with van der Waals surface area (Å²) in [4.78, 5) is 24.3. The molecule has 8 nitrogen and oxygen atoms in total. The number of rotatable bonds is 7. The number of primary sulfonamides is 1. The van der Waals surface area contributed by atoms with E-state index in [0.717, 1.165) is 22.6 Å². The molecular formula is C23H25N3O5S. The first-order valence-electron chi connectivity index (χ1n) is 9.88. The van der Waals surface area contributed by atoms with Crippen LogP contribution < -0.4 is 10.5 Å². The third-order valence-corrected chi connectivity index (χ3v) is 5.92. The topological polar surface area (TPSA) is 120 Å². The zero-order valence-corrected chi connectivity index (χ0v) is 18.9. The Bertz CT molecular complexity index is 1240. The van der Waals surface area contributed by atoms with Crippen molar-refractivity contribution in [2.45, 2.75) is 32.1 Å². The minimum Gasteiger partial charge on any atom is -0.455 e. The molecule has 0 saturated heterocycles. The number of carbonyl (C=O) groups excluding carboxylic acids is 2. The number of aromatic nitrogens is 1. The number of nitrogens with zero attached hydrogens (tertiary/aromatic N) is 1. The molecule has 0 spiro atoms. The Balaban J connectivity index is 1.57. The molecule has 32 heavy (non-hydrogen) atoms. The number of anilines is 1. The molecule has 3 N–H and O–H groups in total. The summed E-state index contributed by atoms with van der Waals surface area (Å²) in [5, 5.41) is 7.57. The van der Waals surface area contributed by atoms with E-state index < -0.39 is 28.5 Å². The summed E-state index contributed by atoms with van der Waals surface area (Å²) in [7, 11) is -3.81. The molecule has 1 aromatic heterocycles. The van der Waals surface area contributed by atoms with Crippen molar-refractivity contribution in [2.24, 2.45) is 5.14 Å². The number of nitrogens with two attached hydrogens (primary N) is 1. The van der Waals surface area contributed by atoms with Crippen LogP contribution in [-0.4, -0.2) is 31.5 Å². The monoisotopic (exact) mass is 455 g/mol. The van der Waals surface area contributed by atoms with Crippen LogP contribution in [0.3, 0.4) is 0 Å². The van der Waals surface area contributed by atoms with Crippen LogP contribution in [0.4, 0.5) is 5.69 Å². The van der Waals surface area contributed by atoms with Crippen LogP contribution in [0.5, 0.6) is 0 Å². The van der Waals surface area contributed by atoms with E-state index in [0.29, 0.717) is 5.69 Å². The highest BCUT2D eigenvalue weighted by atomic mass is 32.2. The van der Waals surface area contributed by atoms with E-state index in [1.165, 1.54) is 29.8 Å². The molecule has 168 valence electrons. The Morgan fingerprint density at radius 1 is 1.00 bits per heavy atom. The zero-order chi connectivity index (χ0) is 23.5. The molecule has 1 amide bonds. The molecule has 0 aliphatic carbocycles. The van der Waals surface area contributed by atoms with Crippen molar-refractivity contribution in [3.8, 4) is 5.69 Å². The van der Waals surface area contributed by atoms with E-state index in [2.05, 4.69) is 9.88 Å². The van der Waals surface area contributed by atoms with Gasteiger partial charge in [0, 0.05) is 22.8 Å². The van der Waals surface area contributed by atoms with Gasteiger partial charge in [-0.15, -0.1) is 0 Å². The average molecular weight is 456 g/mol. The van der Waals surface area contributed by atoms with Gasteiger partial charge in [-0.05, 0) is 68.8 Å². The summed E-state index contributed by atoms with van der Waals surface area (Å²) in [6.07, 6.45) is 0.0435. The van der Waals surface area contributed by atoms with Crippen LogP contribution in [0, 0.1) is 20.8 Å². The van der Waals surface area contributed by atoms with Crippen LogP contribution in [-0.2, 0) is 30.8 Å². The van der Waals surface area contributed by atoms with Crippen molar-refractivity contribution in [2.75, 3.05) is 11.9 Å². The summed E-state index contributed by atoms with van der Waals surface area (Å²) in [6.45, 7) is 5.48. The Hall–Kier alpha value is -3.43. The molecule has 0 unspecified atom stereocenters. The number of hydrogen-bond acceptors (Lipinski definition) is 5. The largest absolute Gasteiger partial charge is 0.455 e. The summed E-state index contributed by atoms with van der Waals surface area (Å²) >= 11 is 0. The smallest absolute Gasteiger partial charge is 0.310 e. The summed E-state index contributed by atoms with van der Waals surface area (Å²) in [5.74, 6) is -1.05. The van der Waals surface area contributed by atoms with E-state index in [-0.39, 0.29) is 11.3 Å². The Labute approximate surface area is 187 Å². The number of hydrogen-bond donors (Lipinski definition) is 2. The number of amides is 1. The Morgan fingerprint density at radius 2 is 1.62 bits per heavy atom. The van der Waals surface area contributed by atoms with E-state index in [1.54, 1.807) is 0 Å². The lowest BCUT2D eigenvalue weighted by atomic mass is 10.2. The van der Waals surface area contributed by atoms with E-state index in [1.807, 2.05) is 51.1 Å². The lowest BCUT2D eigenvalue weighted by molar-refractivity contribution is -0.146. The fourth-order valence-electron chi connectivity index (χ4n) is 3.38. The molecule has 9 heteroatoms. The Morgan fingerprint density at radius 3 is 2.22 bits per heavy atom. The maximum Gasteiger partial charge on any atom is 0.310 e. The molecule has 0 fully saturated rings. The quantitative estimate of drug-likeness (QED) is 0.531. The predicted octanol–water partition coefficient (Wildman–Crippen LogP) is 2.77. The number of esters is 1. The van der Waals surface area contributed by atoms with Gasteiger partial charge in [0.05, 0.1) is 11.3 Å². The highest BCUT2D eigenvalue weighted by Gasteiger charge is 2.16. The van der Waals surface area contributed by atoms with Gasteiger partial charge in [-0.3, -0.25) is 9.59 Å². The van der Waals surface area contributed by atoms with Crippen LogP contribution in [0.15, 0.2) is 59.5 Å². The molecule has 1 heterocycles. The number of sulfonamides is 1. The van der Waals surface area contributed by atoms with Crippen LogP contribution in [0.25, 0.3) is 5.69 Å². The minimum atomic E-state index is -3.81. The van der Waals surface area contributed by atoms with Crippen molar-refractivity contribution in [3.05, 3.63) is 77.1 Å². The molecule has 0 radical (unpaired) electrons. The standard InChI is InChI=1S/C23H25N3O5S/c1-15-4-8-20(9-5-15)26-16(2)12-18(17(26)3)13-23(28)31-14-22(27)25-19-6-10-21(11-7-19)32(24,29)30/h4-12H,13-14H2,1-3H3,(H,25,27)(H2,24,29,30). The van der Waals surface area contributed by atoms with Gasteiger partial charge in [-0.25, -0.2) is 13.6 Å². The fraction of sp³-hybridized carbons (Fsp3) is 0.217. The predicted molar refractivity (Wildman–Crippen MR) is 121 cm³/mol. The van der Waals surface area contributed by atoms with Crippen LogP contribution in [0.2, 0.25) is 0 Å². The average Bonchev–Trinajstić information content (AvgIpc) is 3.00. The van der Waals surface area contributed by atoms with Gasteiger partial charge < -0.3 is 14.6 Å². The molecule has 0 aliphatic heterocycles. The second-order valence-electron chi connectivity index (χ2n) is 7.52. The lowest BCUT2D eigenvalue weighted by Gasteiger charge is -2.10. The summed E-state index contributed by atoms with van der Waals surface area (Å²) in [6, 6.07) is 15.4. The number of carbonyl (C=O) groups is 2. The van der Waals surface area contributed by atoms with Crippen molar-refractivity contribution < 1.29 is 22.7 Å². The summed E-state index contributed by atoms with van der Waals surface area (Å²) in [5.41, 5.74) is 5.29. The van der Waals surface area contributed by atoms with Crippen molar-refractivity contribution in [1.82, 2.24) is 4.57 Å². The highest BCUT2D eigenvalue weighted by molar-refractivity contribution is 7.89. The third kappa shape index (κ3) is 5.63. The van der Waals surface area contributed by atoms with Gasteiger partial charge in [-0.2, -0.15) is 0 Å². The number of nitrogens with one attached hydrogen (secondary N) is 1. The lowest BCUT2D eigenvalue weighted by Crippen LogP contribution is -2.21. The molecule has 0 bridgehead atoms. The van der Waals surface area contributed by atoms with Gasteiger partial charge in [0.15, 0.2) is 6.61 Å². The van der Waals surface area contributed by atoms with Gasteiger partial charge >= 0.3 is 5.97 Å². The summed E-state index contributed by atoms with van der Waals surface area (Å²) < 4.78 is 29.7. The fourth-order valence-corrected chi connectivity index (χ4v) is 3.89. The van der Waals surface area contributed by atoms with Gasteiger partial charge in [0.25, 0.3) is 5.91 Å². The maximum atomic E-state index is 12.3. The highest BCUT2D eigenvalue weighted by Crippen LogP contribution is 2.22. The Kier molecular flexibility index (Phi) is 6.81. The second kappa shape index (κ2) is 9.37. The molecule has 0 saturated carbocycles. The van der Waals surface area contributed by atoms with Crippen molar-refractivity contribution in [3.63, 3.8) is 0 Å². The number of benzene rings is 2. The van der Waals surface area contributed by atoms with Crippen LogP contribution in [0.1, 0.15) is 22.5 Å². The maximum absolute atomic E-state index is 12.3. The molecule has 3 rings (SSSR count). The molecular weight excluding hydrogens is 430 g/mol. The van der Waals surface area contributed by atoms with Gasteiger partial charge in [-0.1, -0.05) is 17.7 Å². The van der Waals surface area contributed by atoms with Crippen molar-refractivity contribution in [1.29, 1.82) is 0 Å². The number of ether oxygens (including phenoxy) is 1. The first-order chi connectivity index (χ1) is 15.0. The SMILES string of the molecule is Cc1ccc(-n2c(C)cc(CC(=O)OCC(=O)Nc3ccc(S(N)(=O)=O)cc3)c2C)cc1. The second-order valence-corrected chi connectivity index (χ2v) is 9.08. The number of aryl methyl sites for hydroxylation is 2. The molecule has 3 aromatic rings. The molecule has 0 aliphatic rings. The minimum absolute atomic E-state index is 0.0435. The third-order valence-electron chi connectivity index (χ3n) is 4.99. The first-order valence-corrected chi connectivity index (χ1v) is 11.4. The first kappa shape index (κ1) is 23.2. The van der Waals surface area contributed by atoms with E-state index in [4.69, 9.17) is 9.88 Å². The van der Waals surface area contributed by atoms with E-state index in [9.17, 15) is 18.0 Å². The van der Waals surface area contributed by atoms with Gasteiger partial charge in [0.1, 0.15) is 0 Å². The van der Waals surface area contributed by atoms with Crippen molar-refractivity contribution >= 4 is 27.6 Å². The van der Waals surface area contributed by atoms with Crippen LogP contribution >= 0.6 is 0 Å². The van der Waals surface area contributed by atoms with Gasteiger partial charge in [0.2, 0.25) is 10.0 Å². The zero-order valence-electron chi connectivity index (χ0n) is 18.1. The molecule has 2 aromatic carbocycles. The van der Waals surface area contributed by atoms with E-state index >= 15 is 0 Å². The normalized spacial score (nSPS) is 11.2.